The summed E-state index contributed by atoms with van der Waals surface area (Å²) in [6.07, 6.45) is 3.33. The number of carbonyl (C=O) groups is 2. The second kappa shape index (κ2) is 6.51. The quantitative estimate of drug-likeness (QED) is 0.860. The summed E-state index contributed by atoms with van der Waals surface area (Å²) in [6.45, 7) is 0.352. The third-order valence-electron chi connectivity index (χ3n) is 2.90. The molecule has 6 heteroatoms. The number of carbonyl (C=O) groups excluding carboxylic acids is 2. The minimum Gasteiger partial charge on any atom is -0.496 e. The van der Waals surface area contributed by atoms with Gasteiger partial charge in [-0.3, -0.25) is 14.6 Å². The number of rotatable bonds is 5. The van der Waals surface area contributed by atoms with E-state index in [0.717, 1.165) is 5.56 Å². The van der Waals surface area contributed by atoms with Crippen LogP contribution in [-0.2, 0) is 6.54 Å². The first kappa shape index (κ1) is 14.5. The SMILES string of the molecule is COc1ccc(C(=O)NCc2cccnc2)cc1C(N)=O. The van der Waals surface area contributed by atoms with Crippen molar-refractivity contribution in [2.45, 2.75) is 6.54 Å². The van der Waals surface area contributed by atoms with Crippen LogP contribution in [0, 0.1) is 0 Å². The molecule has 3 N–H and O–H groups in total. The molecule has 0 aliphatic rings. The van der Waals surface area contributed by atoms with Gasteiger partial charge in [-0.05, 0) is 29.8 Å². The average molecular weight is 285 g/mol. The van der Waals surface area contributed by atoms with Crippen LogP contribution in [0.2, 0.25) is 0 Å². The van der Waals surface area contributed by atoms with E-state index in [9.17, 15) is 9.59 Å². The van der Waals surface area contributed by atoms with Crippen molar-refractivity contribution in [3.63, 3.8) is 0 Å². The normalized spacial score (nSPS) is 9.95. The fourth-order valence-corrected chi connectivity index (χ4v) is 1.83. The molecule has 1 heterocycles. The minimum absolute atomic E-state index is 0.173. The summed E-state index contributed by atoms with van der Waals surface area (Å²) in [5.41, 5.74) is 6.66. The van der Waals surface area contributed by atoms with Crippen molar-refractivity contribution in [3.8, 4) is 5.75 Å². The minimum atomic E-state index is -0.645. The molecular formula is C15H15N3O3. The van der Waals surface area contributed by atoms with E-state index < -0.39 is 5.91 Å². The van der Waals surface area contributed by atoms with Crippen LogP contribution in [0.15, 0.2) is 42.7 Å². The van der Waals surface area contributed by atoms with Crippen LogP contribution in [0.5, 0.6) is 5.75 Å². The van der Waals surface area contributed by atoms with Gasteiger partial charge in [0.1, 0.15) is 5.75 Å². The third-order valence-corrected chi connectivity index (χ3v) is 2.90. The fourth-order valence-electron chi connectivity index (χ4n) is 1.83. The van der Waals surface area contributed by atoms with Gasteiger partial charge >= 0.3 is 0 Å². The first-order valence-corrected chi connectivity index (χ1v) is 6.26. The third kappa shape index (κ3) is 3.56. The highest BCUT2D eigenvalue weighted by Gasteiger charge is 2.13. The number of nitrogens with one attached hydrogen (secondary N) is 1. The van der Waals surface area contributed by atoms with Crippen LogP contribution in [0.25, 0.3) is 0 Å². The Morgan fingerprint density at radius 1 is 1.33 bits per heavy atom. The smallest absolute Gasteiger partial charge is 0.252 e. The molecular weight excluding hydrogens is 270 g/mol. The van der Waals surface area contributed by atoms with Gasteiger partial charge in [0, 0.05) is 24.5 Å². The average Bonchev–Trinajstić information content (AvgIpc) is 2.52. The molecule has 0 atom stereocenters. The predicted molar refractivity (Wildman–Crippen MR) is 76.9 cm³/mol. The summed E-state index contributed by atoms with van der Waals surface area (Å²) >= 11 is 0. The van der Waals surface area contributed by atoms with E-state index in [1.807, 2.05) is 6.07 Å². The lowest BCUT2D eigenvalue weighted by atomic mass is 10.1. The first-order valence-electron chi connectivity index (χ1n) is 6.26. The van der Waals surface area contributed by atoms with Crippen molar-refractivity contribution >= 4 is 11.8 Å². The Kier molecular flexibility index (Phi) is 4.50. The number of primary amides is 1. The number of nitrogens with zero attached hydrogens (tertiary/aromatic N) is 1. The first-order chi connectivity index (χ1) is 10.1. The number of amides is 2. The van der Waals surface area contributed by atoms with Crippen LogP contribution in [-0.4, -0.2) is 23.9 Å². The highest BCUT2D eigenvalue weighted by Crippen LogP contribution is 2.19. The van der Waals surface area contributed by atoms with Crippen molar-refractivity contribution < 1.29 is 14.3 Å². The maximum absolute atomic E-state index is 12.1. The van der Waals surface area contributed by atoms with Crippen molar-refractivity contribution in [3.05, 3.63) is 59.4 Å². The highest BCUT2D eigenvalue weighted by atomic mass is 16.5. The molecule has 0 radical (unpaired) electrons. The van der Waals surface area contributed by atoms with Gasteiger partial charge in [0.15, 0.2) is 0 Å². The number of methoxy groups -OCH3 is 1. The predicted octanol–water partition coefficient (Wildman–Crippen LogP) is 1.12. The van der Waals surface area contributed by atoms with Gasteiger partial charge in [-0.1, -0.05) is 6.07 Å². The molecule has 108 valence electrons. The second-order valence-corrected chi connectivity index (χ2v) is 4.32. The molecule has 0 bridgehead atoms. The van der Waals surface area contributed by atoms with Gasteiger partial charge in [0.25, 0.3) is 11.8 Å². The molecule has 1 aromatic heterocycles. The summed E-state index contributed by atoms with van der Waals surface area (Å²) < 4.78 is 5.03. The van der Waals surface area contributed by atoms with Gasteiger partial charge in [-0.2, -0.15) is 0 Å². The lowest BCUT2D eigenvalue weighted by Crippen LogP contribution is -2.23. The largest absolute Gasteiger partial charge is 0.496 e. The maximum Gasteiger partial charge on any atom is 0.252 e. The molecule has 1 aromatic carbocycles. The van der Waals surface area contributed by atoms with Crippen LogP contribution in [0.3, 0.4) is 0 Å². The highest BCUT2D eigenvalue weighted by molar-refractivity contribution is 6.00. The summed E-state index contributed by atoms with van der Waals surface area (Å²) in [7, 11) is 1.43. The molecule has 0 saturated carbocycles. The summed E-state index contributed by atoms with van der Waals surface area (Å²) in [5.74, 6) is -0.607. The Labute approximate surface area is 121 Å². The Balaban J connectivity index is 2.12. The Morgan fingerprint density at radius 3 is 2.76 bits per heavy atom. The number of aromatic nitrogens is 1. The van der Waals surface area contributed by atoms with Crippen LogP contribution >= 0.6 is 0 Å². The Hall–Kier alpha value is -2.89. The van der Waals surface area contributed by atoms with Crippen LogP contribution in [0.1, 0.15) is 26.3 Å². The molecule has 0 aliphatic heterocycles. The zero-order valence-electron chi connectivity index (χ0n) is 11.5. The number of hydrogen-bond acceptors (Lipinski definition) is 4. The van der Waals surface area contributed by atoms with E-state index in [-0.39, 0.29) is 11.5 Å². The monoisotopic (exact) mass is 285 g/mol. The summed E-state index contributed by atoms with van der Waals surface area (Å²) in [6, 6.07) is 8.18. The second-order valence-electron chi connectivity index (χ2n) is 4.32. The molecule has 6 nitrogen and oxygen atoms in total. The molecule has 0 saturated heterocycles. The van der Waals surface area contributed by atoms with Crippen LogP contribution in [0.4, 0.5) is 0 Å². The van der Waals surface area contributed by atoms with Gasteiger partial charge in [-0.25, -0.2) is 0 Å². The molecule has 0 spiro atoms. The molecule has 0 fully saturated rings. The number of benzene rings is 1. The summed E-state index contributed by atoms with van der Waals surface area (Å²) in [5, 5.41) is 2.75. The van der Waals surface area contributed by atoms with Gasteiger partial charge < -0.3 is 15.8 Å². The van der Waals surface area contributed by atoms with Gasteiger partial charge in [0.2, 0.25) is 0 Å². The zero-order valence-corrected chi connectivity index (χ0v) is 11.5. The van der Waals surface area contributed by atoms with E-state index in [0.29, 0.717) is 17.9 Å². The van der Waals surface area contributed by atoms with Crippen molar-refractivity contribution in [2.24, 2.45) is 5.73 Å². The topological polar surface area (TPSA) is 94.3 Å². The van der Waals surface area contributed by atoms with Crippen molar-refractivity contribution in [1.82, 2.24) is 10.3 Å². The van der Waals surface area contributed by atoms with Crippen LogP contribution < -0.4 is 15.8 Å². The summed E-state index contributed by atoms with van der Waals surface area (Å²) in [4.78, 5) is 27.4. The Morgan fingerprint density at radius 2 is 2.14 bits per heavy atom. The maximum atomic E-state index is 12.1. The number of nitrogens with two attached hydrogens (primary N) is 1. The van der Waals surface area contributed by atoms with E-state index >= 15 is 0 Å². The van der Waals surface area contributed by atoms with E-state index in [1.165, 1.54) is 13.2 Å². The molecule has 2 amide bonds. The van der Waals surface area contributed by atoms with Crippen molar-refractivity contribution in [2.75, 3.05) is 7.11 Å². The zero-order chi connectivity index (χ0) is 15.2. The Bertz CT molecular complexity index is 656. The lowest BCUT2D eigenvalue weighted by molar-refractivity contribution is 0.0951. The molecule has 21 heavy (non-hydrogen) atoms. The van der Waals surface area contributed by atoms with Crippen molar-refractivity contribution in [1.29, 1.82) is 0 Å². The molecule has 0 unspecified atom stereocenters. The molecule has 2 rings (SSSR count). The number of pyridine rings is 1. The van der Waals surface area contributed by atoms with Gasteiger partial charge in [-0.15, -0.1) is 0 Å². The van der Waals surface area contributed by atoms with Gasteiger partial charge in [0.05, 0.1) is 12.7 Å². The van der Waals surface area contributed by atoms with E-state index in [1.54, 1.807) is 30.6 Å². The standard InChI is InChI=1S/C15H15N3O3/c1-21-13-5-4-11(7-12(13)14(16)19)15(20)18-9-10-3-2-6-17-8-10/h2-8H,9H2,1H3,(H2,16,19)(H,18,20). The number of ether oxygens (including phenoxy) is 1. The van der Waals surface area contributed by atoms with E-state index in [4.69, 9.17) is 10.5 Å². The lowest BCUT2D eigenvalue weighted by Gasteiger charge is -2.09. The molecule has 0 aliphatic carbocycles. The number of hydrogen-bond donors (Lipinski definition) is 2. The fraction of sp³-hybridized carbons (Fsp3) is 0.133. The van der Waals surface area contributed by atoms with E-state index in [2.05, 4.69) is 10.3 Å². The molecule has 2 aromatic rings.